The van der Waals surface area contributed by atoms with E-state index in [2.05, 4.69) is 25.4 Å². The summed E-state index contributed by atoms with van der Waals surface area (Å²) in [7, 11) is 0. The molecule has 1 aromatic rings. The highest BCUT2D eigenvalue weighted by Gasteiger charge is 2.15. The Kier molecular flexibility index (Phi) is 4.67. The third-order valence-electron chi connectivity index (χ3n) is 4.04. The number of carbonyl (C=O) groups is 1. The molecule has 0 saturated carbocycles. The van der Waals surface area contributed by atoms with Crippen molar-refractivity contribution in [3.05, 3.63) is 18.3 Å². The highest BCUT2D eigenvalue weighted by atomic mass is 16.2. The van der Waals surface area contributed by atoms with E-state index in [1.54, 1.807) is 6.20 Å². The zero-order valence-corrected chi connectivity index (χ0v) is 12.3. The van der Waals surface area contributed by atoms with Gasteiger partial charge in [-0.3, -0.25) is 9.69 Å². The molecule has 3 rings (SSSR count). The molecule has 0 aromatic carbocycles. The molecule has 6 nitrogen and oxygen atoms in total. The number of carbonyl (C=O) groups excluding carboxylic acids is 1. The van der Waals surface area contributed by atoms with E-state index in [-0.39, 0.29) is 5.91 Å². The lowest BCUT2D eigenvalue weighted by Gasteiger charge is -2.26. The van der Waals surface area contributed by atoms with Crippen LogP contribution < -0.4 is 15.5 Å². The molecule has 21 heavy (non-hydrogen) atoms. The number of aromatic nitrogens is 1. The van der Waals surface area contributed by atoms with E-state index < -0.39 is 0 Å². The molecular formula is C15H23N5O. The fourth-order valence-corrected chi connectivity index (χ4v) is 2.87. The van der Waals surface area contributed by atoms with Gasteiger partial charge in [-0.05, 0) is 25.0 Å². The van der Waals surface area contributed by atoms with Crippen LogP contribution in [0.15, 0.2) is 18.3 Å². The van der Waals surface area contributed by atoms with Gasteiger partial charge >= 0.3 is 0 Å². The van der Waals surface area contributed by atoms with E-state index in [1.807, 2.05) is 12.1 Å². The van der Waals surface area contributed by atoms with Crippen LogP contribution in [-0.4, -0.2) is 61.6 Å². The Morgan fingerprint density at radius 1 is 1.19 bits per heavy atom. The molecule has 3 heterocycles. The minimum absolute atomic E-state index is 0.0348. The van der Waals surface area contributed by atoms with E-state index in [1.165, 1.54) is 12.8 Å². The van der Waals surface area contributed by atoms with E-state index in [9.17, 15) is 4.79 Å². The quantitative estimate of drug-likeness (QED) is 0.846. The van der Waals surface area contributed by atoms with E-state index in [0.29, 0.717) is 6.54 Å². The summed E-state index contributed by atoms with van der Waals surface area (Å²) in [6.07, 6.45) is 4.24. The predicted molar refractivity (Wildman–Crippen MR) is 83.6 cm³/mol. The summed E-state index contributed by atoms with van der Waals surface area (Å²) in [5.41, 5.74) is 0.776. The molecule has 0 unspecified atom stereocenters. The van der Waals surface area contributed by atoms with Crippen molar-refractivity contribution in [2.75, 3.05) is 56.0 Å². The molecule has 2 saturated heterocycles. The minimum atomic E-state index is 0.0348. The summed E-state index contributed by atoms with van der Waals surface area (Å²) in [4.78, 5) is 20.9. The largest absolute Gasteiger partial charge is 0.357 e. The second-order valence-corrected chi connectivity index (χ2v) is 5.67. The van der Waals surface area contributed by atoms with Crippen molar-refractivity contribution in [3.8, 4) is 0 Å². The van der Waals surface area contributed by atoms with Gasteiger partial charge in [0.15, 0.2) is 0 Å². The van der Waals surface area contributed by atoms with Crippen LogP contribution in [0.1, 0.15) is 12.8 Å². The Balaban J connectivity index is 1.50. The molecular weight excluding hydrogens is 266 g/mol. The number of pyridine rings is 1. The molecule has 2 aliphatic rings. The van der Waals surface area contributed by atoms with Crippen molar-refractivity contribution < 1.29 is 4.79 Å². The van der Waals surface area contributed by atoms with E-state index in [0.717, 1.165) is 50.8 Å². The molecule has 114 valence electrons. The number of nitrogens with one attached hydrogen (secondary N) is 2. The number of nitrogens with zero attached hydrogens (tertiary/aromatic N) is 3. The maximum absolute atomic E-state index is 12.0. The van der Waals surface area contributed by atoms with Gasteiger partial charge in [-0.2, -0.15) is 0 Å². The first kappa shape index (κ1) is 14.3. The summed E-state index contributed by atoms with van der Waals surface area (Å²) in [5, 5.41) is 6.21. The van der Waals surface area contributed by atoms with Gasteiger partial charge < -0.3 is 15.5 Å². The molecule has 0 spiro atoms. The zero-order valence-electron chi connectivity index (χ0n) is 12.3. The van der Waals surface area contributed by atoms with Crippen LogP contribution in [-0.2, 0) is 4.79 Å². The maximum Gasteiger partial charge on any atom is 0.238 e. The molecule has 2 aliphatic heterocycles. The number of hydrogen-bond acceptors (Lipinski definition) is 5. The summed E-state index contributed by atoms with van der Waals surface area (Å²) in [5.74, 6) is 1.04. The lowest BCUT2D eigenvalue weighted by Crippen LogP contribution is -2.46. The smallest absolute Gasteiger partial charge is 0.238 e. The van der Waals surface area contributed by atoms with Gasteiger partial charge in [-0.15, -0.1) is 0 Å². The molecule has 1 aromatic heterocycles. The van der Waals surface area contributed by atoms with Gasteiger partial charge in [0.2, 0.25) is 5.91 Å². The lowest BCUT2D eigenvalue weighted by atomic mass is 10.3. The standard InChI is InChI=1S/C15H23N5O/c21-15(12-19-9-5-16-6-10-19)18-13-3-4-14(17-11-13)20-7-1-2-8-20/h3-4,11,16H,1-2,5-10,12H2,(H,18,21). The third kappa shape index (κ3) is 3.92. The molecule has 2 N–H and O–H groups in total. The molecule has 0 aliphatic carbocycles. The van der Waals surface area contributed by atoms with Crippen LogP contribution >= 0.6 is 0 Å². The molecule has 6 heteroatoms. The summed E-state index contributed by atoms with van der Waals surface area (Å²) >= 11 is 0. The van der Waals surface area contributed by atoms with Crippen LogP contribution in [0.5, 0.6) is 0 Å². The lowest BCUT2D eigenvalue weighted by molar-refractivity contribution is -0.117. The third-order valence-corrected chi connectivity index (χ3v) is 4.04. The van der Waals surface area contributed by atoms with Crippen molar-refractivity contribution >= 4 is 17.4 Å². The van der Waals surface area contributed by atoms with Gasteiger partial charge in [-0.1, -0.05) is 0 Å². The molecule has 0 radical (unpaired) electrons. The highest BCUT2D eigenvalue weighted by molar-refractivity contribution is 5.92. The van der Waals surface area contributed by atoms with Crippen molar-refractivity contribution in [1.29, 1.82) is 0 Å². The number of amides is 1. The Morgan fingerprint density at radius 2 is 1.95 bits per heavy atom. The van der Waals surface area contributed by atoms with Crippen molar-refractivity contribution in [2.24, 2.45) is 0 Å². The van der Waals surface area contributed by atoms with E-state index in [4.69, 9.17) is 0 Å². The fraction of sp³-hybridized carbons (Fsp3) is 0.600. The van der Waals surface area contributed by atoms with Crippen molar-refractivity contribution in [2.45, 2.75) is 12.8 Å². The first-order valence-electron chi connectivity index (χ1n) is 7.75. The second kappa shape index (κ2) is 6.87. The van der Waals surface area contributed by atoms with E-state index >= 15 is 0 Å². The molecule has 2 fully saturated rings. The second-order valence-electron chi connectivity index (χ2n) is 5.67. The number of hydrogen-bond donors (Lipinski definition) is 2. The first-order chi connectivity index (χ1) is 10.3. The van der Waals surface area contributed by atoms with Gasteiger partial charge in [0.05, 0.1) is 18.4 Å². The van der Waals surface area contributed by atoms with Gasteiger partial charge in [-0.25, -0.2) is 4.98 Å². The highest BCUT2D eigenvalue weighted by Crippen LogP contribution is 2.18. The molecule has 1 amide bonds. The van der Waals surface area contributed by atoms with Crippen molar-refractivity contribution in [3.63, 3.8) is 0 Å². The average Bonchev–Trinajstić information content (AvgIpc) is 3.03. The van der Waals surface area contributed by atoms with Crippen LogP contribution in [0.25, 0.3) is 0 Å². The molecule has 0 atom stereocenters. The Hall–Kier alpha value is -1.66. The van der Waals surface area contributed by atoms with Crippen LogP contribution in [0, 0.1) is 0 Å². The number of piperazine rings is 1. The average molecular weight is 289 g/mol. The van der Waals surface area contributed by atoms with Crippen LogP contribution in [0.3, 0.4) is 0 Å². The Bertz CT molecular complexity index is 463. The summed E-state index contributed by atoms with van der Waals surface area (Å²) < 4.78 is 0. The monoisotopic (exact) mass is 289 g/mol. The first-order valence-corrected chi connectivity index (χ1v) is 7.75. The Labute approximate surface area is 125 Å². The maximum atomic E-state index is 12.0. The van der Waals surface area contributed by atoms with Crippen LogP contribution in [0.2, 0.25) is 0 Å². The van der Waals surface area contributed by atoms with Gasteiger partial charge in [0.1, 0.15) is 5.82 Å². The summed E-state index contributed by atoms with van der Waals surface area (Å²) in [6.45, 7) is 6.40. The summed E-state index contributed by atoms with van der Waals surface area (Å²) in [6, 6.07) is 3.93. The Morgan fingerprint density at radius 3 is 2.62 bits per heavy atom. The fourth-order valence-electron chi connectivity index (χ4n) is 2.87. The van der Waals surface area contributed by atoms with Gasteiger partial charge in [0, 0.05) is 39.3 Å². The minimum Gasteiger partial charge on any atom is -0.357 e. The number of rotatable bonds is 4. The predicted octanol–water partition coefficient (Wildman–Crippen LogP) is 0.526. The topological polar surface area (TPSA) is 60.5 Å². The van der Waals surface area contributed by atoms with Crippen molar-refractivity contribution in [1.82, 2.24) is 15.2 Å². The van der Waals surface area contributed by atoms with Gasteiger partial charge in [0.25, 0.3) is 0 Å². The molecule has 0 bridgehead atoms. The van der Waals surface area contributed by atoms with Crippen LogP contribution in [0.4, 0.5) is 11.5 Å². The normalized spacial score (nSPS) is 19.7. The zero-order chi connectivity index (χ0) is 14.5. The number of anilines is 2. The SMILES string of the molecule is O=C(CN1CCNCC1)Nc1ccc(N2CCCC2)nc1.